The molecule has 0 spiro atoms. The number of carboxylic acid groups (broad SMARTS) is 1. The molecule has 10 heteroatoms. The molecule has 1 unspecified atom stereocenters. The summed E-state index contributed by atoms with van der Waals surface area (Å²) in [5, 5.41) is 32.5. The Labute approximate surface area is 117 Å². The number of urea groups is 1. The van der Waals surface area contributed by atoms with Gasteiger partial charge in [-0.05, 0) is 13.0 Å². The highest BCUT2D eigenvalue weighted by molar-refractivity contribution is 5.90. The molecular formula is C11H12FN3O6. The fourth-order valence-electron chi connectivity index (χ4n) is 1.22. The van der Waals surface area contributed by atoms with Gasteiger partial charge < -0.3 is 20.8 Å². The van der Waals surface area contributed by atoms with Crippen LogP contribution in [0.15, 0.2) is 18.2 Å². The molecule has 0 aliphatic heterocycles. The Balaban J connectivity index is 2.73. The lowest BCUT2D eigenvalue weighted by atomic mass is 10.1. The molecule has 114 valence electrons. The summed E-state index contributed by atoms with van der Waals surface area (Å²) in [5.41, 5.74) is -3.07. The van der Waals surface area contributed by atoms with Crippen molar-refractivity contribution in [3.63, 3.8) is 0 Å². The fraction of sp³-hybridized carbons (Fsp3) is 0.273. The normalized spacial score (nSPS) is 13.1. The van der Waals surface area contributed by atoms with Crippen molar-refractivity contribution in [3.8, 4) is 0 Å². The average Bonchev–Trinajstić information content (AvgIpc) is 2.38. The van der Waals surface area contributed by atoms with Gasteiger partial charge in [-0.15, -0.1) is 0 Å². The number of hydrogen-bond acceptors (Lipinski definition) is 5. The highest BCUT2D eigenvalue weighted by Crippen LogP contribution is 2.21. The smallest absolute Gasteiger partial charge is 0.337 e. The zero-order chi connectivity index (χ0) is 16.2. The standard InChI is InChI=1S/C11H12FN3O6/c1-11(19,9(16)17)5-13-10(18)14-8-4-6(15(20)21)2-3-7(8)12/h2-4,19H,5H2,1H3,(H,16,17)(H2,13,14,18). The number of aliphatic hydroxyl groups is 1. The fourth-order valence-corrected chi connectivity index (χ4v) is 1.22. The number of amides is 2. The molecule has 2 amide bonds. The number of nitro groups is 1. The quantitative estimate of drug-likeness (QED) is 0.465. The number of carbonyl (C=O) groups is 2. The third kappa shape index (κ3) is 4.38. The Hall–Kier alpha value is -2.75. The maximum Gasteiger partial charge on any atom is 0.337 e. The number of non-ortho nitro benzene ring substituents is 1. The minimum absolute atomic E-state index is 0.427. The van der Waals surface area contributed by atoms with Crippen LogP contribution in [0.5, 0.6) is 0 Å². The summed E-state index contributed by atoms with van der Waals surface area (Å²) in [5.74, 6) is -2.45. The van der Waals surface area contributed by atoms with Crippen LogP contribution in [0.1, 0.15) is 6.92 Å². The van der Waals surface area contributed by atoms with E-state index in [1.807, 2.05) is 10.6 Å². The number of nitro benzene ring substituents is 1. The van der Waals surface area contributed by atoms with Crippen LogP contribution in [0, 0.1) is 15.9 Å². The molecule has 1 atom stereocenters. The molecule has 0 bridgehead atoms. The van der Waals surface area contributed by atoms with Gasteiger partial charge in [0.05, 0.1) is 17.2 Å². The van der Waals surface area contributed by atoms with Crippen molar-refractivity contribution in [2.45, 2.75) is 12.5 Å². The van der Waals surface area contributed by atoms with Crippen LogP contribution in [0.25, 0.3) is 0 Å². The Morgan fingerprint density at radius 2 is 2.10 bits per heavy atom. The van der Waals surface area contributed by atoms with Crippen LogP contribution in [0.2, 0.25) is 0 Å². The van der Waals surface area contributed by atoms with Gasteiger partial charge in [-0.25, -0.2) is 14.0 Å². The average molecular weight is 301 g/mol. The van der Waals surface area contributed by atoms with Crippen LogP contribution in [0.4, 0.5) is 20.6 Å². The summed E-state index contributed by atoms with van der Waals surface area (Å²) >= 11 is 0. The van der Waals surface area contributed by atoms with Crippen LogP contribution in [-0.2, 0) is 4.79 Å². The van der Waals surface area contributed by atoms with Crippen molar-refractivity contribution in [1.82, 2.24) is 5.32 Å². The lowest BCUT2D eigenvalue weighted by Gasteiger charge is -2.18. The molecule has 1 aromatic rings. The van der Waals surface area contributed by atoms with Crippen LogP contribution in [0.3, 0.4) is 0 Å². The van der Waals surface area contributed by atoms with Crippen molar-refractivity contribution in [1.29, 1.82) is 0 Å². The third-order valence-corrected chi connectivity index (χ3v) is 2.46. The van der Waals surface area contributed by atoms with E-state index in [0.717, 1.165) is 25.1 Å². The van der Waals surface area contributed by atoms with Crippen LogP contribution < -0.4 is 10.6 Å². The molecule has 0 saturated heterocycles. The third-order valence-electron chi connectivity index (χ3n) is 2.46. The molecule has 21 heavy (non-hydrogen) atoms. The summed E-state index contributed by atoms with van der Waals surface area (Å²) in [6.45, 7) is 0.328. The number of halogens is 1. The molecule has 0 fully saturated rings. The summed E-state index contributed by atoms with van der Waals surface area (Å²) in [7, 11) is 0. The number of benzene rings is 1. The second kappa shape index (κ2) is 6.13. The summed E-state index contributed by atoms with van der Waals surface area (Å²) in [6.07, 6.45) is 0. The van der Waals surface area contributed by atoms with E-state index >= 15 is 0 Å². The number of anilines is 1. The van der Waals surface area contributed by atoms with Gasteiger partial charge in [0.15, 0.2) is 5.60 Å². The van der Waals surface area contributed by atoms with Crippen molar-refractivity contribution in [2.24, 2.45) is 0 Å². The Morgan fingerprint density at radius 3 is 2.62 bits per heavy atom. The van der Waals surface area contributed by atoms with Gasteiger partial charge in [-0.1, -0.05) is 0 Å². The number of nitrogens with one attached hydrogen (secondary N) is 2. The molecular weight excluding hydrogens is 289 g/mol. The van der Waals surface area contributed by atoms with E-state index in [4.69, 9.17) is 5.11 Å². The molecule has 0 radical (unpaired) electrons. The van der Waals surface area contributed by atoms with Crippen LogP contribution in [-0.4, -0.2) is 39.3 Å². The summed E-state index contributed by atoms with van der Waals surface area (Å²) in [4.78, 5) is 31.8. The first-order valence-corrected chi connectivity index (χ1v) is 5.58. The zero-order valence-electron chi connectivity index (χ0n) is 10.8. The first-order chi connectivity index (χ1) is 9.63. The topological polar surface area (TPSA) is 142 Å². The monoisotopic (exact) mass is 301 g/mol. The SMILES string of the molecule is CC(O)(CNC(=O)Nc1cc([N+](=O)[O-])ccc1F)C(=O)O. The molecule has 1 rings (SSSR count). The summed E-state index contributed by atoms with van der Waals surface area (Å²) in [6, 6.07) is 1.52. The number of hydrogen-bond donors (Lipinski definition) is 4. The van der Waals surface area contributed by atoms with Gasteiger partial charge in [-0.2, -0.15) is 0 Å². The van der Waals surface area contributed by atoms with Crippen molar-refractivity contribution >= 4 is 23.4 Å². The van der Waals surface area contributed by atoms with Gasteiger partial charge >= 0.3 is 12.0 Å². The Bertz CT molecular complexity index is 589. The molecule has 0 aliphatic rings. The van der Waals surface area contributed by atoms with E-state index in [0.29, 0.717) is 0 Å². The minimum atomic E-state index is -2.20. The van der Waals surface area contributed by atoms with Crippen molar-refractivity contribution < 1.29 is 29.1 Å². The van der Waals surface area contributed by atoms with E-state index in [2.05, 4.69) is 0 Å². The Morgan fingerprint density at radius 1 is 1.48 bits per heavy atom. The highest BCUT2D eigenvalue weighted by atomic mass is 19.1. The van der Waals surface area contributed by atoms with E-state index in [1.54, 1.807) is 0 Å². The zero-order valence-corrected chi connectivity index (χ0v) is 10.8. The predicted molar refractivity (Wildman–Crippen MR) is 68.3 cm³/mol. The first-order valence-electron chi connectivity index (χ1n) is 5.58. The Kier molecular flexibility index (Phi) is 4.76. The van der Waals surface area contributed by atoms with Gasteiger partial charge in [-0.3, -0.25) is 10.1 Å². The van der Waals surface area contributed by atoms with Crippen molar-refractivity contribution in [2.75, 3.05) is 11.9 Å². The van der Waals surface area contributed by atoms with Gasteiger partial charge in [0.2, 0.25) is 0 Å². The van der Waals surface area contributed by atoms with Gasteiger partial charge in [0.1, 0.15) is 5.82 Å². The predicted octanol–water partition coefficient (Wildman–Crippen LogP) is 0.691. The maximum atomic E-state index is 13.4. The number of nitrogens with zero attached hydrogens (tertiary/aromatic N) is 1. The van der Waals surface area contributed by atoms with Crippen LogP contribution >= 0.6 is 0 Å². The molecule has 0 aliphatic carbocycles. The molecule has 0 saturated carbocycles. The number of rotatable bonds is 5. The first kappa shape index (κ1) is 16.3. The number of carbonyl (C=O) groups excluding carboxylic acids is 1. The van der Waals surface area contributed by atoms with E-state index < -0.39 is 46.3 Å². The van der Waals surface area contributed by atoms with E-state index in [9.17, 15) is 29.2 Å². The molecule has 1 aromatic carbocycles. The molecule has 0 heterocycles. The van der Waals surface area contributed by atoms with E-state index in [1.165, 1.54) is 0 Å². The van der Waals surface area contributed by atoms with Gasteiger partial charge in [0.25, 0.3) is 5.69 Å². The number of carboxylic acids is 1. The largest absolute Gasteiger partial charge is 0.479 e. The lowest BCUT2D eigenvalue weighted by molar-refractivity contribution is -0.384. The maximum absolute atomic E-state index is 13.4. The van der Waals surface area contributed by atoms with Gasteiger partial charge in [0, 0.05) is 12.1 Å². The molecule has 9 nitrogen and oxygen atoms in total. The number of aliphatic carboxylic acids is 1. The highest BCUT2D eigenvalue weighted by Gasteiger charge is 2.30. The molecule has 0 aromatic heterocycles. The minimum Gasteiger partial charge on any atom is -0.479 e. The second-order valence-electron chi connectivity index (χ2n) is 4.31. The van der Waals surface area contributed by atoms with E-state index in [-0.39, 0.29) is 0 Å². The molecule has 4 N–H and O–H groups in total. The summed E-state index contributed by atoms with van der Waals surface area (Å²) < 4.78 is 13.4. The lowest BCUT2D eigenvalue weighted by Crippen LogP contribution is -2.47. The second-order valence-corrected chi connectivity index (χ2v) is 4.31. The van der Waals surface area contributed by atoms with Crippen molar-refractivity contribution in [3.05, 3.63) is 34.1 Å².